The minimum absolute atomic E-state index is 0. The number of carbonyl (C=O) groups excluding carboxylic acids is 1. The second-order valence-corrected chi connectivity index (χ2v) is 2.68. The summed E-state index contributed by atoms with van der Waals surface area (Å²) in [5.74, 6) is -0.0414. The van der Waals surface area contributed by atoms with Gasteiger partial charge >= 0.3 is 29.0 Å². The molecule has 0 rings (SSSR count). The zero-order valence-electron chi connectivity index (χ0n) is 7.56. The minimum Gasteiger partial charge on any atom is -0.466 e. The Labute approximate surface area is 91.2 Å². The van der Waals surface area contributed by atoms with Crippen LogP contribution < -0.4 is 0 Å². The van der Waals surface area contributed by atoms with Gasteiger partial charge in [-0.1, -0.05) is 26.7 Å². The highest BCUT2D eigenvalue weighted by atomic mass is 24.3. The minimum atomic E-state index is -0.0414. The number of esters is 1. The zero-order valence-corrected chi connectivity index (χ0v) is 7.56. The Bertz CT molecular complexity index is 105. The second kappa shape index (κ2) is 11.2. The Hall–Kier alpha value is 0.236. The lowest BCUT2D eigenvalue weighted by Gasteiger charge is -2.01. The van der Waals surface area contributed by atoms with Crippen LogP contribution in [0.25, 0.3) is 0 Å². The third-order valence-corrected chi connectivity index (χ3v) is 1.50. The molecule has 0 aromatic rings. The predicted octanol–water partition coefficient (Wildman–Crippen LogP) is 1.60. The van der Waals surface area contributed by atoms with Crippen LogP contribution in [0.2, 0.25) is 0 Å². The van der Waals surface area contributed by atoms with E-state index >= 15 is 0 Å². The fourth-order valence-electron chi connectivity index (χ4n) is 0.724. The Balaban J connectivity index is 0. The van der Waals surface area contributed by atoms with Crippen molar-refractivity contribution in [2.45, 2.75) is 46.0 Å². The molecule has 0 aromatic carbocycles. The van der Waals surface area contributed by atoms with E-state index in [4.69, 9.17) is 4.74 Å². The first kappa shape index (κ1) is 14.7. The number of hydrogen-bond donors (Lipinski definition) is 0. The lowest BCUT2D eigenvalue weighted by Crippen LogP contribution is -2.04. The van der Waals surface area contributed by atoms with Gasteiger partial charge in [-0.2, -0.15) is 0 Å². The number of ether oxygens (including phenoxy) is 1. The first-order valence-electron chi connectivity index (χ1n) is 4.46. The van der Waals surface area contributed by atoms with Gasteiger partial charge in [0.05, 0.1) is 6.61 Å². The zero-order chi connectivity index (χ0) is 8.53. The maximum Gasteiger partial charge on any atom is 0.316 e. The fraction of sp³-hybridized carbons (Fsp3) is 0.889. The smallest absolute Gasteiger partial charge is 0.316 e. The number of rotatable bonds is 6. The molecule has 12 heavy (non-hydrogen) atoms. The molecule has 0 bridgehead atoms. The lowest BCUT2D eigenvalue weighted by molar-refractivity contribution is -0.143. The van der Waals surface area contributed by atoms with Gasteiger partial charge in [-0.3, -0.25) is 4.79 Å². The molecular formula is C9H20MgO2. The Morgan fingerprint density at radius 3 is 2.25 bits per heavy atom. The highest BCUT2D eigenvalue weighted by Crippen LogP contribution is 1.97. The average molecular weight is 185 g/mol. The van der Waals surface area contributed by atoms with Crippen molar-refractivity contribution in [1.82, 2.24) is 0 Å². The highest BCUT2D eigenvalue weighted by Gasteiger charge is 1.99. The Kier molecular flexibility index (Phi) is 13.8. The number of hydrogen-bond acceptors (Lipinski definition) is 2. The molecule has 3 heteroatoms. The lowest BCUT2D eigenvalue weighted by atomic mass is 10.2. The molecule has 0 saturated heterocycles. The topological polar surface area (TPSA) is 26.3 Å². The van der Waals surface area contributed by atoms with E-state index in [2.05, 4.69) is 13.8 Å². The Morgan fingerprint density at radius 1 is 1.17 bits per heavy atom. The molecule has 0 atom stereocenters. The van der Waals surface area contributed by atoms with Crippen LogP contribution >= 0.6 is 0 Å². The third-order valence-electron chi connectivity index (χ3n) is 1.50. The molecule has 0 unspecified atom stereocenters. The van der Waals surface area contributed by atoms with E-state index in [9.17, 15) is 4.79 Å². The molecule has 0 N–H and O–H groups in total. The molecule has 0 spiro atoms. The van der Waals surface area contributed by atoms with Crippen molar-refractivity contribution in [3.05, 3.63) is 0 Å². The van der Waals surface area contributed by atoms with Crippen molar-refractivity contribution in [3.8, 4) is 0 Å². The summed E-state index contributed by atoms with van der Waals surface area (Å²) in [6.07, 6.45) is 4.66. The van der Waals surface area contributed by atoms with Crippen LogP contribution in [0.3, 0.4) is 0 Å². The average Bonchev–Trinajstić information content (AvgIpc) is 2.01. The summed E-state index contributed by atoms with van der Waals surface area (Å²) in [5.41, 5.74) is 0. The summed E-state index contributed by atoms with van der Waals surface area (Å²) >= 11 is 0. The molecule has 0 aliphatic carbocycles. The van der Waals surface area contributed by atoms with E-state index in [1.165, 1.54) is 0 Å². The molecule has 0 aliphatic heterocycles. The van der Waals surface area contributed by atoms with Gasteiger partial charge in [0.2, 0.25) is 0 Å². The van der Waals surface area contributed by atoms with E-state index < -0.39 is 0 Å². The van der Waals surface area contributed by atoms with Gasteiger partial charge < -0.3 is 4.74 Å². The molecule has 0 fully saturated rings. The maximum atomic E-state index is 10.9. The van der Waals surface area contributed by atoms with Gasteiger partial charge in [-0.25, -0.2) is 0 Å². The fourth-order valence-corrected chi connectivity index (χ4v) is 0.724. The Morgan fingerprint density at radius 2 is 1.75 bits per heavy atom. The van der Waals surface area contributed by atoms with Crippen LogP contribution in [0.4, 0.5) is 0 Å². The molecular weight excluding hydrogens is 164 g/mol. The number of unbranched alkanes of at least 4 members (excludes halogenated alkanes) is 2. The van der Waals surface area contributed by atoms with Crippen LogP contribution in [0.15, 0.2) is 0 Å². The van der Waals surface area contributed by atoms with Crippen LogP contribution in [0.1, 0.15) is 46.0 Å². The predicted molar refractivity (Wildman–Crippen MR) is 53.9 cm³/mol. The van der Waals surface area contributed by atoms with Crippen molar-refractivity contribution in [2.24, 2.45) is 0 Å². The van der Waals surface area contributed by atoms with Gasteiger partial charge in [0.15, 0.2) is 0 Å². The second-order valence-electron chi connectivity index (χ2n) is 2.68. The van der Waals surface area contributed by atoms with E-state index in [1.54, 1.807) is 0 Å². The van der Waals surface area contributed by atoms with E-state index in [0.29, 0.717) is 13.0 Å². The van der Waals surface area contributed by atoms with E-state index in [1.807, 2.05) is 0 Å². The van der Waals surface area contributed by atoms with Crippen molar-refractivity contribution in [1.29, 1.82) is 0 Å². The summed E-state index contributed by atoms with van der Waals surface area (Å²) in [4.78, 5) is 10.9. The molecule has 0 heterocycles. The molecule has 0 saturated carbocycles. The molecule has 0 aliphatic rings. The highest BCUT2D eigenvalue weighted by molar-refractivity contribution is 5.75. The van der Waals surface area contributed by atoms with Gasteiger partial charge in [-0.05, 0) is 12.8 Å². The summed E-state index contributed by atoms with van der Waals surface area (Å²) in [7, 11) is 0. The van der Waals surface area contributed by atoms with Gasteiger partial charge in [0.1, 0.15) is 0 Å². The van der Waals surface area contributed by atoms with Gasteiger partial charge in [0.25, 0.3) is 0 Å². The summed E-state index contributed by atoms with van der Waals surface area (Å²) in [5, 5.41) is 0. The largest absolute Gasteiger partial charge is 0.466 e. The van der Waals surface area contributed by atoms with E-state index in [-0.39, 0.29) is 29.0 Å². The molecule has 70 valence electrons. The first-order chi connectivity index (χ1) is 5.31. The third kappa shape index (κ3) is 10.2. The monoisotopic (exact) mass is 184 g/mol. The maximum absolute atomic E-state index is 10.9. The van der Waals surface area contributed by atoms with Crippen molar-refractivity contribution in [3.63, 3.8) is 0 Å². The van der Waals surface area contributed by atoms with Gasteiger partial charge in [-0.15, -0.1) is 0 Å². The molecule has 2 nitrogen and oxygen atoms in total. The molecule has 0 amide bonds. The quantitative estimate of drug-likeness (QED) is 0.356. The molecule has 0 aromatic heterocycles. The van der Waals surface area contributed by atoms with Crippen LogP contribution in [-0.4, -0.2) is 35.6 Å². The van der Waals surface area contributed by atoms with Crippen molar-refractivity contribution >= 4 is 29.0 Å². The van der Waals surface area contributed by atoms with Crippen LogP contribution in [0, 0.1) is 0 Å². The summed E-state index contributed by atoms with van der Waals surface area (Å²) in [6, 6.07) is 0. The van der Waals surface area contributed by atoms with Gasteiger partial charge in [0, 0.05) is 6.42 Å². The van der Waals surface area contributed by atoms with Crippen molar-refractivity contribution < 1.29 is 9.53 Å². The molecule has 0 radical (unpaired) electrons. The SMILES string of the molecule is CCCCOC(=O)CCCC.[MgH2]. The number of carbonyl (C=O) groups is 1. The standard InChI is InChI=1S/C9H18O2.Mg.2H/c1-3-5-7-9(10)11-8-6-4-2;;;/h3-8H2,1-2H3;;;. The van der Waals surface area contributed by atoms with Crippen LogP contribution in [-0.2, 0) is 9.53 Å². The summed E-state index contributed by atoms with van der Waals surface area (Å²) in [6.45, 7) is 4.75. The van der Waals surface area contributed by atoms with Crippen LogP contribution in [0.5, 0.6) is 0 Å². The van der Waals surface area contributed by atoms with Crippen molar-refractivity contribution in [2.75, 3.05) is 6.61 Å². The summed E-state index contributed by atoms with van der Waals surface area (Å²) < 4.78 is 4.95. The van der Waals surface area contributed by atoms with E-state index in [0.717, 1.165) is 25.7 Å². The first-order valence-corrected chi connectivity index (χ1v) is 4.46. The normalized spacial score (nSPS) is 8.83.